The van der Waals surface area contributed by atoms with E-state index in [4.69, 9.17) is 9.47 Å². The lowest BCUT2D eigenvalue weighted by Gasteiger charge is -2.39. The minimum absolute atomic E-state index is 0.367. The highest BCUT2D eigenvalue weighted by Crippen LogP contribution is 2.31. The molecule has 23 heavy (non-hydrogen) atoms. The Morgan fingerprint density at radius 3 is 2.61 bits per heavy atom. The van der Waals surface area contributed by atoms with E-state index in [1.807, 2.05) is 0 Å². The summed E-state index contributed by atoms with van der Waals surface area (Å²) in [6, 6.07) is 6.90. The van der Waals surface area contributed by atoms with E-state index in [1.165, 1.54) is 11.1 Å². The Balaban J connectivity index is 1.85. The van der Waals surface area contributed by atoms with Gasteiger partial charge in [-0.15, -0.1) is 0 Å². The van der Waals surface area contributed by atoms with Crippen LogP contribution in [0.3, 0.4) is 0 Å². The van der Waals surface area contributed by atoms with E-state index in [-0.39, 0.29) is 0 Å². The van der Waals surface area contributed by atoms with Crippen LogP contribution in [0.1, 0.15) is 17.2 Å². The lowest BCUT2D eigenvalue weighted by Crippen LogP contribution is -2.49. The van der Waals surface area contributed by atoms with Gasteiger partial charge in [0.2, 0.25) is 0 Å². The minimum atomic E-state index is 0.367. The van der Waals surface area contributed by atoms with Gasteiger partial charge in [-0.25, -0.2) is 0 Å². The fourth-order valence-corrected chi connectivity index (χ4v) is 3.55. The van der Waals surface area contributed by atoms with Crippen molar-refractivity contribution in [2.24, 2.45) is 0 Å². The summed E-state index contributed by atoms with van der Waals surface area (Å²) in [6.45, 7) is 11.3. The molecular formula is C18H29N3O2. The average Bonchev–Trinajstić information content (AvgIpc) is 2.61. The third kappa shape index (κ3) is 4.23. The first-order valence-corrected chi connectivity index (χ1v) is 8.67. The van der Waals surface area contributed by atoms with Crippen molar-refractivity contribution in [3.63, 3.8) is 0 Å². The van der Waals surface area contributed by atoms with Crippen molar-refractivity contribution in [1.82, 2.24) is 15.1 Å². The Kier molecular flexibility index (Phi) is 5.89. The molecule has 5 nitrogen and oxygen atoms in total. The molecule has 2 fully saturated rings. The van der Waals surface area contributed by atoms with E-state index in [1.54, 1.807) is 7.11 Å². The van der Waals surface area contributed by atoms with Gasteiger partial charge in [-0.1, -0.05) is 17.7 Å². The van der Waals surface area contributed by atoms with Gasteiger partial charge in [0.05, 0.1) is 26.4 Å². The third-order valence-corrected chi connectivity index (χ3v) is 4.87. The average molecular weight is 319 g/mol. The summed E-state index contributed by atoms with van der Waals surface area (Å²) in [5.74, 6) is 1.00. The van der Waals surface area contributed by atoms with Crippen LogP contribution in [0.2, 0.25) is 0 Å². The van der Waals surface area contributed by atoms with Gasteiger partial charge in [0, 0.05) is 51.4 Å². The van der Waals surface area contributed by atoms with Crippen LogP contribution in [-0.4, -0.2) is 75.9 Å². The summed E-state index contributed by atoms with van der Waals surface area (Å²) in [4.78, 5) is 5.13. The summed E-state index contributed by atoms with van der Waals surface area (Å²) >= 11 is 0. The van der Waals surface area contributed by atoms with Gasteiger partial charge in [-0.2, -0.15) is 0 Å². The first kappa shape index (κ1) is 16.7. The zero-order valence-electron chi connectivity index (χ0n) is 14.4. The molecule has 128 valence electrons. The normalized spacial score (nSPS) is 22.0. The Labute approximate surface area is 139 Å². The lowest BCUT2D eigenvalue weighted by atomic mass is 10.00. The predicted octanol–water partition coefficient (Wildman–Crippen LogP) is 1.28. The number of aryl methyl sites for hydroxylation is 1. The van der Waals surface area contributed by atoms with Crippen molar-refractivity contribution < 1.29 is 9.47 Å². The number of morpholine rings is 1. The molecule has 0 aliphatic carbocycles. The summed E-state index contributed by atoms with van der Waals surface area (Å²) in [6.07, 6.45) is 0. The maximum absolute atomic E-state index is 5.67. The minimum Gasteiger partial charge on any atom is -0.496 e. The second-order valence-electron chi connectivity index (χ2n) is 6.46. The van der Waals surface area contributed by atoms with Crippen molar-refractivity contribution in [3.8, 4) is 5.75 Å². The largest absolute Gasteiger partial charge is 0.496 e. The fourth-order valence-electron chi connectivity index (χ4n) is 3.55. The molecule has 1 atom stereocenters. The molecule has 5 heteroatoms. The summed E-state index contributed by atoms with van der Waals surface area (Å²) in [5, 5.41) is 3.44. The molecule has 0 bridgehead atoms. The van der Waals surface area contributed by atoms with Gasteiger partial charge in [-0.05, 0) is 13.0 Å². The van der Waals surface area contributed by atoms with E-state index in [2.05, 4.69) is 40.2 Å². The van der Waals surface area contributed by atoms with Crippen LogP contribution < -0.4 is 10.1 Å². The van der Waals surface area contributed by atoms with Gasteiger partial charge in [0.15, 0.2) is 0 Å². The van der Waals surface area contributed by atoms with E-state index >= 15 is 0 Å². The smallest absolute Gasteiger partial charge is 0.123 e. The van der Waals surface area contributed by atoms with Gasteiger partial charge >= 0.3 is 0 Å². The van der Waals surface area contributed by atoms with E-state index in [0.717, 1.165) is 64.8 Å². The number of rotatable bonds is 5. The van der Waals surface area contributed by atoms with Crippen LogP contribution in [-0.2, 0) is 4.74 Å². The van der Waals surface area contributed by atoms with Gasteiger partial charge in [0.1, 0.15) is 5.75 Å². The van der Waals surface area contributed by atoms with Crippen LogP contribution >= 0.6 is 0 Å². The first-order valence-electron chi connectivity index (χ1n) is 8.67. The zero-order valence-corrected chi connectivity index (χ0v) is 14.4. The maximum Gasteiger partial charge on any atom is 0.123 e. The number of hydrogen-bond donors (Lipinski definition) is 1. The molecule has 2 saturated heterocycles. The monoisotopic (exact) mass is 319 g/mol. The quantitative estimate of drug-likeness (QED) is 0.885. The number of piperazine rings is 1. The SMILES string of the molecule is COc1ccc(C)cc1C(CN1CCNCC1)N1CCOCC1. The molecule has 0 aromatic heterocycles. The Morgan fingerprint density at radius 1 is 1.17 bits per heavy atom. The first-order chi connectivity index (χ1) is 11.3. The van der Waals surface area contributed by atoms with Crippen molar-refractivity contribution in [3.05, 3.63) is 29.3 Å². The molecular weight excluding hydrogens is 290 g/mol. The summed E-state index contributed by atoms with van der Waals surface area (Å²) < 4.78 is 11.2. The van der Waals surface area contributed by atoms with Crippen LogP contribution in [0.15, 0.2) is 18.2 Å². The van der Waals surface area contributed by atoms with Crippen LogP contribution in [0.4, 0.5) is 0 Å². The van der Waals surface area contributed by atoms with Crippen LogP contribution in [0, 0.1) is 6.92 Å². The van der Waals surface area contributed by atoms with Crippen molar-refractivity contribution >= 4 is 0 Å². The molecule has 2 aliphatic rings. The van der Waals surface area contributed by atoms with E-state index < -0.39 is 0 Å². The molecule has 3 rings (SSSR count). The summed E-state index contributed by atoms with van der Waals surface area (Å²) in [7, 11) is 1.77. The number of ether oxygens (including phenoxy) is 2. The van der Waals surface area contributed by atoms with Gasteiger partial charge in [0.25, 0.3) is 0 Å². The standard InChI is InChI=1S/C18H29N3O2/c1-15-3-4-18(22-2)16(13-15)17(21-9-11-23-12-10-21)14-20-7-5-19-6-8-20/h3-4,13,17,19H,5-12,14H2,1-2H3. The zero-order chi connectivity index (χ0) is 16.1. The molecule has 0 amide bonds. The highest BCUT2D eigenvalue weighted by atomic mass is 16.5. The number of methoxy groups -OCH3 is 1. The molecule has 1 unspecified atom stereocenters. The molecule has 0 spiro atoms. The summed E-state index contributed by atoms with van der Waals surface area (Å²) in [5.41, 5.74) is 2.60. The molecule has 1 aromatic rings. The van der Waals surface area contributed by atoms with E-state index in [9.17, 15) is 0 Å². The second kappa shape index (κ2) is 8.11. The highest BCUT2D eigenvalue weighted by Gasteiger charge is 2.27. The van der Waals surface area contributed by atoms with Crippen LogP contribution in [0.25, 0.3) is 0 Å². The predicted molar refractivity (Wildman–Crippen MR) is 92.2 cm³/mol. The number of nitrogens with one attached hydrogen (secondary N) is 1. The fraction of sp³-hybridized carbons (Fsp3) is 0.667. The highest BCUT2D eigenvalue weighted by molar-refractivity contribution is 5.39. The Bertz CT molecular complexity index is 497. The molecule has 2 aliphatic heterocycles. The molecule has 2 heterocycles. The second-order valence-corrected chi connectivity index (χ2v) is 6.46. The molecule has 1 aromatic carbocycles. The van der Waals surface area contributed by atoms with E-state index in [0.29, 0.717) is 6.04 Å². The molecule has 0 radical (unpaired) electrons. The molecule has 0 saturated carbocycles. The number of benzene rings is 1. The third-order valence-electron chi connectivity index (χ3n) is 4.87. The lowest BCUT2D eigenvalue weighted by molar-refractivity contribution is 0.00616. The Hall–Kier alpha value is -1.14. The number of nitrogens with zero attached hydrogens (tertiary/aromatic N) is 2. The van der Waals surface area contributed by atoms with Gasteiger partial charge in [-0.3, -0.25) is 9.80 Å². The van der Waals surface area contributed by atoms with Crippen molar-refractivity contribution in [2.45, 2.75) is 13.0 Å². The van der Waals surface area contributed by atoms with Crippen molar-refractivity contribution in [2.75, 3.05) is 66.1 Å². The van der Waals surface area contributed by atoms with Gasteiger partial charge < -0.3 is 14.8 Å². The Morgan fingerprint density at radius 2 is 1.91 bits per heavy atom. The van der Waals surface area contributed by atoms with Crippen LogP contribution in [0.5, 0.6) is 5.75 Å². The topological polar surface area (TPSA) is 37.0 Å². The van der Waals surface area contributed by atoms with Crippen molar-refractivity contribution in [1.29, 1.82) is 0 Å². The number of hydrogen-bond acceptors (Lipinski definition) is 5. The maximum atomic E-state index is 5.67. The molecule has 1 N–H and O–H groups in total.